The molecule has 1 aromatic heterocycles. The second kappa shape index (κ2) is 8.70. The summed E-state index contributed by atoms with van der Waals surface area (Å²) in [5.74, 6) is 0.334. The maximum Gasteiger partial charge on any atom is 0.272 e. The number of rotatable bonds is 7. The fourth-order valence-corrected chi connectivity index (χ4v) is 3.58. The summed E-state index contributed by atoms with van der Waals surface area (Å²) in [6.07, 6.45) is 2.21. The molecular weight excluding hydrogens is 338 g/mol. The van der Waals surface area contributed by atoms with Gasteiger partial charge in [0.15, 0.2) is 0 Å². The molecule has 0 saturated carbocycles. The zero-order valence-electron chi connectivity index (χ0n) is 16.9. The van der Waals surface area contributed by atoms with Crippen molar-refractivity contribution in [2.24, 2.45) is 0 Å². The molecule has 1 aliphatic heterocycles. The van der Waals surface area contributed by atoms with Crippen LogP contribution < -0.4 is 0 Å². The minimum atomic E-state index is 0.0354. The first kappa shape index (κ1) is 19.6. The molecular formula is C22H31N3O2. The van der Waals surface area contributed by atoms with Crippen molar-refractivity contribution in [3.63, 3.8) is 0 Å². The second-order valence-electron chi connectivity index (χ2n) is 7.73. The quantitative estimate of drug-likeness (QED) is 0.736. The lowest BCUT2D eigenvalue weighted by molar-refractivity contribution is 0.0498. The number of carbonyl (C=O) groups excluding carboxylic acids is 1. The molecule has 0 unspecified atom stereocenters. The van der Waals surface area contributed by atoms with Crippen molar-refractivity contribution in [1.82, 2.24) is 14.7 Å². The van der Waals surface area contributed by atoms with Crippen LogP contribution in [0.2, 0.25) is 0 Å². The standard InChI is InChI=1S/C22H31N3O2/c1-5-25-21(13-20(23-25)16(2)3)22(26)24(15-19-10-7-11-27-19)14-18-9-6-8-17(4)12-18/h6,8-9,12-13,16,19H,5,7,10-11,14-15H2,1-4H3/t19-/m1/s1. The van der Waals surface area contributed by atoms with Crippen molar-refractivity contribution in [1.29, 1.82) is 0 Å². The first-order valence-corrected chi connectivity index (χ1v) is 10.0. The molecule has 5 heteroatoms. The zero-order chi connectivity index (χ0) is 19.4. The number of amides is 1. The molecule has 1 atom stereocenters. The number of aryl methyl sites for hydroxylation is 2. The Labute approximate surface area is 162 Å². The molecule has 146 valence electrons. The normalized spacial score (nSPS) is 16.9. The van der Waals surface area contributed by atoms with E-state index in [9.17, 15) is 4.79 Å². The molecule has 2 heterocycles. The molecule has 0 aliphatic carbocycles. The Morgan fingerprint density at radius 2 is 2.19 bits per heavy atom. The molecule has 1 aromatic carbocycles. The van der Waals surface area contributed by atoms with Gasteiger partial charge in [-0.05, 0) is 44.2 Å². The third-order valence-electron chi connectivity index (χ3n) is 5.10. The fraction of sp³-hybridized carbons (Fsp3) is 0.545. The van der Waals surface area contributed by atoms with Gasteiger partial charge >= 0.3 is 0 Å². The molecule has 0 bridgehead atoms. The minimum Gasteiger partial charge on any atom is -0.376 e. The van der Waals surface area contributed by atoms with E-state index >= 15 is 0 Å². The number of aromatic nitrogens is 2. The highest BCUT2D eigenvalue weighted by molar-refractivity contribution is 5.92. The number of hydrogen-bond donors (Lipinski definition) is 0. The molecule has 1 saturated heterocycles. The number of nitrogens with zero attached hydrogens (tertiary/aromatic N) is 3. The minimum absolute atomic E-state index is 0.0354. The Balaban J connectivity index is 1.87. The van der Waals surface area contributed by atoms with Gasteiger partial charge in [0.2, 0.25) is 0 Å². The van der Waals surface area contributed by atoms with E-state index in [4.69, 9.17) is 4.74 Å². The Morgan fingerprint density at radius 1 is 1.37 bits per heavy atom. The van der Waals surface area contributed by atoms with Gasteiger partial charge in [-0.25, -0.2) is 0 Å². The van der Waals surface area contributed by atoms with Gasteiger partial charge in [0.05, 0.1) is 11.8 Å². The maximum absolute atomic E-state index is 13.4. The first-order chi connectivity index (χ1) is 13.0. The Hall–Kier alpha value is -2.14. The molecule has 0 spiro atoms. The molecule has 0 N–H and O–H groups in total. The van der Waals surface area contributed by atoms with Crippen LogP contribution in [0.4, 0.5) is 0 Å². The first-order valence-electron chi connectivity index (χ1n) is 10.0. The van der Waals surface area contributed by atoms with Crippen molar-refractivity contribution in [2.45, 2.75) is 65.6 Å². The van der Waals surface area contributed by atoms with Crippen LogP contribution in [0.1, 0.15) is 66.8 Å². The van der Waals surface area contributed by atoms with Gasteiger partial charge in [0.1, 0.15) is 5.69 Å². The van der Waals surface area contributed by atoms with Gasteiger partial charge in [0, 0.05) is 26.2 Å². The topological polar surface area (TPSA) is 47.4 Å². The number of ether oxygens (including phenoxy) is 1. The predicted octanol–water partition coefficient (Wildman–Crippen LogP) is 4.16. The second-order valence-corrected chi connectivity index (χ2v) is 7.73. The molecule has 0 radical (unpaired) electrons. The summed E-state index contributed by atoms with van der Waals surface area (Å²) in [5, 5.41) is 4.62. The van der Waals surface area contributed by atoms with Crippen molar-refractivity contribution in [3.05, 3.63) is 52.8 Å². The van der Waals surface area contributed by atoms with Crippen molar-refractivity contribution >= 4 is 5.91 Å². The number of hydrogen-bond acceptors (Lipinski definition) is 3. The van der Waals surface area contributed by atoms with E-state index in [0.29, 0.717) is 31.2 Å². The van der Waals surface area contributed by atoms with E-state index < -0.39 is 0 Å². The largest absolute Gasteiger partial charge is 0.376 e. The summed E-state index contributed by atoms with van der Waals surface area (Å²) in [5.41, 5.74) is 3.99. The average molecular weight is 370 g/mol. The van der Waals surface area contributed by atoms with Crippen LogP contribution in [0, 0.1) is 6.92 Å². The van der Waals surface area contributed by atoms with Gasteiger partial charge in [-0.1, -0.05) is 43.7 Å². The van der Waals surface area contributed by atoms with E-state index in [2.05, 4.69) is 44.1 Å². The predicted molar refractivity (Wildman–Crippen MR) is 107 cm³/mol. The van der Waals surface area contributed by atoms with Crippen molar-refractivity contribution < 1.29 is 9.53 Å². The summed E-state index contributed by atoms with van der Waals surface area (Å²) >= 11 is 0. The van der Waals surface area contributed by atoms with Gasteiger partial charge in [-0.3, -0.25) is 9.48 Å². The van der Waals surface area contributed by atoms with E-state index in [1.165, 1.54) is 5.56 Å². The monoisotopic (exact) mass is 369 g/mol. The van der Waals surface area contributed by atoms with Gasteiger partial charge in [-0.15, -0.1) is 0 Å². The molecule has 1 fully saturated rings. The van der Waals surface area contributed by atoms with E-state index in [0.717, 1.165) is 30.7 Å². The smallest absolute Gasteiger partial charge is 0.272 e. The van der Waals surface area contributed by atoms with Crippen LogP contribution >= 0.6 is 0 Å². The van der Waals surface area contributed by atoms with E-state index in [-0.39, 0.29) is 12.0 Å². The van der Waals surface area contributed by atoms with Crippen LogP contribution in [-0.4, -0.2) is 39.8 Å². The zero-order valence-corrected chi connectivity index (χ0v) is 16.9. The molecule has 27 heavy (non-hydrogen) atoms. The lowest BCUT2D eigenvalue weighted by atomic mass is 10.1. The number of carbonyl (C=O) groups is 1. The number of benzene rings is 1. The molecule has 1 aliphatic rings. The van der Waals surface area contributed by atoms with Crippen molar-refractivity contribution in [3.8, 4) is 0 Å². The lowest BCUT2D eigenvalue weighted by Gasteiger charge is -2.26. The van der Waals surface area contributed by atoms with Gasteiger partial charge < -0.3 is 9.64 Å². The Morgan fingerprint density at radius 3 is 2.81 bits per heavy atom. The van der Waals surface area contributed by atoms with Gasteiger partial charge in [0.25, 0.3) is 5.91 Å². The SMILES string of the molecule is CCn1nc(C(C)C)cc1C(=O)N(Cc1cccc(C)c1)C[C@H]1CCCO1. The maximum atomic E-state index is 13.4. The van der Waals surface area contributed by atoms with Crippen LogP contribution in [0.25, 0.3) is 0 Å². The summed E-state index contributed by atoms with van der Waals surface area (Å²) in [6, 6.07) is 10.3. The highest BCUT2D eigenvalue weighted by Gasteiger charge is 2.26. The summed E-state index contributed by atoms with van der Waals surface area (Å²) in [7, 11) is 0. The molecule has 3 rings (SSSR count). The Bertz CT molecular complexity index is 776. The highest BCUT2D eigenvalue weighted by Crippen LogP contribution is 2.20. The molecule has 2 aromatic rings. The summed E-state index contributed by atoms with van der Waals surface area (Å²) in [6.45, 7) is 11.0. The Kier molecular flexibility index (Phi) is 6.32. The third-order valence-corrected chi connectivity index (χ3v) is 5.10. The van der Waals surface area contributed by atoms with E-state index in [1.54, 1.807) is 0 Å². The fourth-order valence-electron chi connectivity index (χ4n) is 3.58. The summed E-state index contributed by atoms with van der Waals surface area (Å²) in [4.78, 5) is 15.4. The van der Waals surface area contributed by atoms with Gasteiger partial charge in [-0.2, -0.15) is 5.10 Å². The lowest BCUT2D eigenvalue weighted by Crippen LogP contribution is -2.38. The third kappa shape index (κ3) is 4.78. The van der Waals surface area contributed by atoms with E-state index in [1.807, 2.05) is 28.6 Å². The van der Waals surface area contributed by atoms with Crippen LogP contribution in [-0.2, 0) is 17.8 Å². The molecule has 5 nitrogen and oxygen atoms in total. The average Bonchev–Trinajstić information content (AvgIpc) is 3.30. The highest BCUT2D eigenvalue weighted by atomic mass is 16.5. The van der Waals surface area contributed by atoms with Crippen LogP contribution in [0.5, 0.6) is 0 Å². The van der Waals surface area contributed by atoms with Crippen molar-refractivity contribution in [2.75, 3.05) is 13.2 Å². The van der Waals surface area contributed by atoms with Crippen LogP contribution in [0.3, 0.4) is 0 Å². The molecule has 1 amide bonds. The summed E-state index contributed by atoms with van der Waals surface area (Å²) < 4.78 is 7.64. The van der Waals surface area contributed by atoms with Crippen LogP contribution in [0.15, 0.2) is 30.3 Å².